The third kappa shape index (κ3) is 3.71. The number of halogens is 2. The molecule has 1 saturated heterocycles. The highest BCUT2D eigenvalue weighted by Crippen LogP contribution is 2.23. The first-order valence-corrected chi connectivity index (χ1v) is 8.38. The zero-order valence-electron chi connectivity index (χ0n) is 14.1. The Morgan fingerprint density at radius 3 is 2.88 bits per heavy atom. The van der Waals surface area contributed by atoms with Crippen LogP contribution in [-0.2, 0) is 11.3 Å². The van der Waals surface area contributed by atoms with Gasteiger partial charge in [-0.1, -0.05) is 30.3 Å². The monoisotopic (exact) mass is 374 g/mol. The summed E-state index contributed by atoms with van der Waals surface area (Å²) in [7, 11) is 0. The van der Waals surface area contributed by atoms with Crippen LogP contribution in [0.5, 0.6) is 0 Å². The fourth-order valence-corrected chi connectivity index (χ4v) is 3.34. The third-order valence-electron chi connectivity index (χ3n) is 4.56. The molecule has 3 aromatic rings. The Bertz CT molecular complexity index is 880. The molecule has 1 N–H and O–H groups in total. The molecule has 0 saturated carbocycles. The van der Waals surface area contributed by atoms with Gasteiger partial charge in [0.1, 0.15) is 12.4 Å². The topological polar surface area (TPSA) is 50.2 Å². The summed E-state index contributed by atoms with van der Waals surface area (Å²) < 4.78 is 15.3. The van der Waals surface area contributed by atoms with Gasteiger partial charge in [0.15, 0.2) is 0 Å². The van der Waals surface area contributed by atoms with Gasteiger partial charge in [0.25, 0.3) is 0 Å². The summed E-state index contributed by atoms with van der Waals surface area (Å²) in [5, 5.41) is 8.75. The molecular formula is C19H20ClFN4O. The highest BCUT2D eigenvalue weighted by molar-refractivity contribution is 5.85. The van der Waals surface area contributed by atoms with Crippen molar-refractivity contribution in [3.63, 3.8) is 0 Å². The maximum atomic E-state index is 13.6. The first kappa shape index (κ1) is 18.4. The van der Waals surface area contributed by atoms with Gasteiger partial charge in [-0.3, -0.25) is 9.48 Å². The second-order valence-corrected chi connectivity index (χ2v) is 6.25. The summed E-state index contributed by atoms with van der Waals surface area (Å²) in [4.78, 5) is 14.7. The molecule has 5 nitrogen and oxygen atoms in total. The molecular weight excluding hydrogens is 355 g/mol. The lowest BCUT2D eigenvalue weighted by Gasteiger charge is -2.36. The Morgan fingerprint density at radius 2 is 2.08 bits per heavy atom. The van der Waals surface area contributed by atoms with E-state index in [9.17, 15) is 9.18 Å². The van der Waals surface area contributed by atoms with Crippen LogP contribution in [0.25, 0.3) is 10.9 Å². The minimum atomic E-state index is -0.284. The van der Waals surface area contributed by atoms with Crippen molar-refractivity contribution in [2.45, 2.75) is 12.6 Å². The number of nitrogens with one attached hydrogen (secondary N) is 1. The van der Waals surface area contributed by atoms with E-state index in [1.807, 2.05) is 41.4 Å². The molecule has 0 bridgehead atoms. The summed E-state index contributed by atoms with van der Waals surface area (Å²) in [5.74, 6) is -0.294. The van der Waals surface area contributed by atoms with E-state index >= 15 is 0 Å². The number of carbonyl (C=O) groups is 1. The van der Waals surface area contributed by atoms with Gasteiger partial charge in [0.2, 0.25) is 5.91 Å². The molecule has 2 aromatic carbocycles. The van der Waals surface area contributed by atoms with Crippen molar-refractivity contribution in [2.75, 3.05) is 19.6 Å². The summed E-state index contributed by atoms with van der Waals surface area (Å²) in [6.45, 7) is 2.14. The van der Waals surface area contributed by atoms with E-state index in [0.717, 1.165) is 23.0 Å². The van der Waals surface area contributed by atoms with Gasteiger partial charge in [0, 0.05) is 31.2 Å². The van der Waals surface area contributed by atoms with E-state index in [-0.39, 0.29) is 36.7 Å². The van der Waals surface area contributed by atoms with Crippen LogP contribution in [0.15, 0.2) is 54.7 Å². The SMILES string of the molecule is Cl.O=C(Cn1cc2ccccc2n1)N1CCNCC1c1cccc(F)c1. The Balaban J connectivity index is 0.00000196. The van der Waals surface area contributed by atoms with E-state index < -0.39 is 0 Å². The van der Waals surface area contributed by atoms with Crippen LogP contribution in [0.3, 0.4) is 0 Å². The van der Waals surface area contributed by atoms with Crippen molar-refractivity contribution < 1.29 is 9.18 Å². The number of hydrogen-bond acceptors (Lipinski definition) is 3. The Kier molecular flexibility index (Phi) is 5.54. The lowest BCUT2D eigenvalue weighted by atomic mass is 10.0. The van der Waals surface area contributed by atoms with Gasteiger partial charge >= 0.3 is 0 Å². The van der Waals surface area contributed by atoms with Crippen LogP contribution in [0.4, 0.5) is 4.39 Å². The number of amides is 1. The number of aromatic nitrogens is 2. The molecule has 1 aromatic heterocycles. The standard InChI is InChI=1S/C19H19FN4O.ClH/c20-16-6-3-5-14(10-16)18-11-21-8-9-24(18)19(25)13-23-12-15-4-1-2-7-17(15)22-23;/h1-7,10,12,18,21H,8-9,11,13H2;1H. The largest absolute Gasteiger partial charge is 0.331 e. The molecule has 1 aliphatic rings. The van der Waals surface area contributed by atoms with Gasteiger partial charge in [-0.25, -0.2) is 4.39 Å². The van der Waals surface area contributed by atoms with Crippen molar-refractivity contribution in [1.29, 1.82) is 0 Å². The molecule has 0 aliphatic carbocycles. The highest BCUT2D eigenvalue weighted by Gasteiger charge is 2.28. The molecule has 136 valence electrons. The molecule has 1 fully saturated rings. The predicted octanol–water partition coefficient (Wildman–Crippen LogP) is 2.77. The Labute approximate surface area is 157 Å². The fourth-order valence-electron chi connectivity index (χ4n) is 3.34. The van der Waals surface area contributed by atoms with Crippen molar-refractivity contribution in [3.8, 4) is 0 Å². The van der Waals surface area contributed by atoms with Gasteiger partial charge in [-0.05, 0) is 23.8 Å². The summed E-state index contributed by atoms with van der Waals surface area (Å²) in [5.41, 5.74) is 1.68. The average Bonchev–Trinajstić information content (AvgIpc) is 3.04. The second-order valence-electron chi connectivity index (χ2n) is 6.25. The van der Waals surface area contributed by atoms with Gasteiger partial charge in [-0.2, -0.15) is 5.10 Å². The Hall–Kier alpha value is -2.44. The number of piperazine rings is 1. The Morgan fingerprint density at radius 1 is 1.23 bits per heavy atom. The fraction of sp³-hybridized carbons (Fsp3) is 0.263. The van der Waals surface area contributed by atoms with Gasteiger partial charge < -0.3 is 10.2 Å². The van der Waals surface area contributed by atoms with E-state index in [2.05, 4.69) is 10.4 Å². The lowest BCUT2D eigenvalue weighted by Crippen LogP contribution is -2.49. The number of benzene rings is 2. The van der Waals surface area contributed by atoms with Crippen molar-refractivity contribution in [3.05, 3.63) is 66.1 Å². The van der Waals surface area contributed by atoms with Crippen LogP contribution in [0, 0.1) is 5.82 Å². The summed E-state index contributed by atoms with van der Waals surface area (Å²) in [6.07, 6.45) is 1.88. The van der Waals surface area contributed by atoms with Crippen LogP contribution >= 0.6 is 12.4 Å². The van der Waals surface area contributed by atoms with Crippen LogP contribution in [0.2, 0.25) is 0 Å². The van der Waals surface area contributed by atoms with Crippen molar-refractivity contribution in [2.24, 2.45) is 0 Å². The number of fused-ring (bicyclic) bond motifs is 1. The minimum absolute atomic E-state index is 0. The molecule has 0 radical (unpaired) electrons. The highest BCUT2D eigenvalue weighted by atomic mass is 35.5. The zero-order valence-corrected chi connectivity index (χ0v) is 15.0. The van der Waals surface area contributed by atoms with Crippen LogP contribution < -0.4 is 5.32 Å². The predicted molar refractivity (Wildman–Crippen MR) is 101 cm³/mol. The number of carbonyl (C=O) groups excluding carboxylic acids is 1. The molecule has 4 rings (SSSR count). The van der Waals surface area contributed by atoms with E-state index in [0.29, 0.717) is 13.1 Å². The minimum Gasteiger partial charge on any atom is -0.331 e. The average molecular weight is 375 g/mol. The first-order valence-electron chi connectivity index (χ1n) is 8.38. The molecule has 0 spiro atoms. The molecule has 1 atom stereocenters. The smallest absolute Gasteiger partial charge is 0.244 e. The van der Waals surface area contributed by atoms with Crippen molar-refractivity contribution >= 4 is 29.2 Å². The van der Waals surface area contributed by atoms with Gasteiger partial charge in [-0.15, -0.1) is 12.4 Å². The summed E-state index contributed by atoms with van der Waals surface area (Å²) in [6, 6.07) is 14.1. The zero-order chi connectivity index (χ0) is 17.2. The number of rotatable bonds is 3. The first-order chi connectivity index (χ1) is 12.2. The molecule has 2 heterocycles. The maximum absolute atomic E-state index is 13.6. The maximum Gasteiger partial charge on any atom is 0.244 e. The molecule has 1 unspecified atom stereocenters. The second kappa shape index (κ2) is 7.85. The van der Waals surface area contributed by atoms with Crippen LogP contribution in [-0.4, -0.2) is 40.2 Å². The molecule has 1 amide bonds. The van der Waals surface area contributed by atoms with Crippen molar-refractivity contribution in [1.82, 2.24) is 20.0 Å². The lowest BCUT2D eigenvalue weighted by molar-refractivity contribution is -0.135. The van der Waals surface area contributed by atoms with E-state index in [1.165, 1.54) is 12.1 Å². The quantitative estimate of drug-likeness (QED) is 0.767. The van der Waals surface area contributed by atoms with E-state index in [1.54, 1.807) is 10.7 Å². The molecule has 7 heteroatoms. The van der Waals surface area contributed by atoms with E-state index in [4.69, 9.17) is 0 Å². The normalized spacial score (nSPS) is 17.1. The van der Waals surface area contributed by atoms with Gasteiger partial charge in [0.05, 0.1) is 11.6 Å². The molecule has 26 heavy (non-hydrogen) atoms. The van der Waals surface area contributed by atoms with Crippen LogP contribution in [0.1, 0.15) is 11.6 Å². The number of hydrogen-bond donors (Lipinski definition) is 1. The molecule has 1 aliphatic heterocycles. The summed E-state index contributed by atoms with van der Waals surface area (Å²) >= 11 is 0. The number of nitrogens with zero attached hydrogens (tertiary/aromatic N) is 3. The third-order valence-corrected chi connectivity index (χ3v) is 4.56.